The zero-order chi connectivity index (χ0) is 19.2. The SMILES string of the molecule is O=C(NCCCN1CCN(c2ccc(F)cc2)CC1)c1cc(Cl)ccc1Cl. The summed E-state index contributed by atoms with van der Waals surface area (Å²) >= 11 is 12.0. The van der Waals surface area contributed by atoms with Crippen molar-refractivity contribution in [2.24, 2.45) is 0 Å². The summed E-state index contributed by atoms with van der Waals surface area (Å²) in [6, 6.07) is 11.5. The number of amides is 1. The van der Waals surface area contributed by atoms with E-state index in [1.54, 1.807) is 18.2 Å². The van der Waals surface area contributed by atoms with Gasteiger partial charge in [0.05, 0.1) is 10.6 Å². The molecule has 1 fully saturated rings. The van der Waals surface area contributed by atoms with E-state index in [-0.39, 0.29) is 11.7 Å². The Morgan fingerprint density at radius 2 is 1.74 bits per heavy atom. The van der Waals surface area contributed by atoms with Gasteiger partial charge in [-0.1, -0.05) is 23.2 Å². The van der Waals surface area contributed by atoms with Crippen LogP contribution in [0.15, 0.2) is 42.5 Å². The highest BCUT2D eigenvalue weighted by molar-refractivity contribution is 6.35. The second kappa shape index (κ2) is 9.40. The monoisotopic (exact) mass is 409 g/mol. The number of hydrogen-bond acceptors (Lipinski definition) is 3. The van der Waals surface area contributed by atoms with E-state index in [1.807, 2.05) is 12.1 Å². The number of rotatable bonds is 6. The third-order valence-corrected chi connectivity index (χ3v) is 5.24. The topological polar surface area (TPSA) is 35.6 Å². The molecule has 0 radical (unpaired) electrons. The average molecular weight is 410 g/mol. The lowest BCUT2D eigenvalue weighted by Crippen LogP contribution is -2.47. The Kier molecular flexibility index (Phi) is 6.94. The first-order chi connectivity index (χ1) is 13.0. The molecule has 0 spiro atoms. The molecule has 0 aliphatic carbocycles. The van der Waals surface area contributed by atoms with Gasteiger partial charge < -0.3 is 10.2 Å². The number of hydrogen-bond donors (Lipinski definition) is 1. The van der Waals surface area contributed by atoms with Crippen LogP contribution in [-0.2, 0) is 0 Å². The second-order valence-electron chi connectivity index (χ2n) is 6.54. The van der Waals surface area contributed by atoms with Crippen molar-refractivity contribution in [2.45, 2.75) is 6.42 Å². The number of nitrogens with zero attached hydrogens (tertiary/aromatic N) is 2. The number of benzene rings is 2. The van der Waals surface area contributed by atoms with E-state index < -0.39 is 0 Å². The molecule has 0 atom stereocenters. The number of piperazine rings is 1. The summed E-state index contributed by atoms with van der Waals surface area (Å²) in [5.41, 5.74) is 1.46. The standard InChI is InChI=1S/C20H22Cl2FN3O/c21-15-2-7-19(22)18(14-15)20(27)24-8-1-9-25-10-12-26(13-11-25)17-5-3-16(23)4-6-17/h2-7,14H,1,8-13H2,(H,24,27). The van der Waals surface area contributed by atoms with Crippen LogP contribution in [0.3, 0.4) is 0 Å². The van der Waals surface area contributed by atoms with E-state index in [9.17, 15) is 9.18 Å². The van der Waals surface area contributed by atoms with Gasteiger partial charge in [0.2, 0.25) is 0 Å². The Labute approximate surface area is 168 Å². The van der Waals surface area contributed by atoms with E-state index in [2.05, 4.69) is 15.1 Å². The van der Waals surface area contributed by atoms with Crippen LogP contribution >= 0.6 is 23.2 Å². The predicted molar refractivity (Wildman–Crippen MR) is 108 cm³/mol. The number of carbonyl (C=O) groups is 1. The molecule has 2 aromatic rings. The highest BCUT2D eigenvalue weighted by atomic mass is 35.5. The van der Waals surface area contributed by atoms with Gasteiger partial charge in [-0.2, -0.15) is 0 Å². The van der Waals surface area contributed by atoms with E-state index in [0.29, 0.717) is 22.2 Å². The van der Waals surface area contributed by atoms with E-state index in [4.69, 9.17) is 23.2 Å². The third kappa shape index (κ3) is 5.58. The van der Waals surface area contributed by atoms with Crippen LogP contribution in [0.25, 0.3) is 0 Å². The minimum Gasteiger partial charge on any atom is -0.369 e. The van der Waals surface area contributed by atoms with Gasteiger partial charge in [0.25, 0.3) is 5.91 Å². The van der Waals surface area contributed by atoms with Gasteiger partial charge >= 0.3 is 0 Å². The van der Waals surface area contributed by atoms with Crippen molar-refractivity contribution < 1.29 is 9.18 Å². The normalized spacial score (nSPS) is 15.0. The lowest BCUT2D eigenvalue weighted by atomic mass is 10.2. The van der Waals surface area contributed by atoms with E-state index in [1.165, 1.54) is 12.1 Å². The fourth-order valence-corrected chi connectivity index (χ4v) is 3.53. The fraction of sp³-hybridized carbons (Fsp3) is 0.350. The third-order valence-electron chi connectivity index (χ3n) is 4.67. The Hall–Kier alpha value is -1.82. The minimum absolute atomic E-state index is 0.205. The lowest BCUT2D eigenvalue weighted by molar-refractivity contribution is 0.0951. The van der Waals surface area contributed by atoms with Crippen molar-refractivity contribution in [3.8, 4) is 0 Å². The molecule has 7 heteroatoms. The van der Waals surface area contributed by atoms with Crippen molar-refractivity contribution in [3.05, 3.63) is 63.9 Å². The number of halogens is 3. The van der Waals surface area contributed by atoms with Gasteiger partial charge in [0.15, 0.2) is 0 Å². The Balaban J connectivity index is 1.37. The van der Waals surface area contributed by atoms with Crippen LogP contribution in [0.2, 0.25) is 10.0 Å². The molecule has 0 saturated carbocycles. The summed E-state index contributed by atoms with van der Waals surface area (Å²) < 4.78 is 13.0. The fourth-order valence-electron chi connectivity index (χ4n) is 3.15. The van der Waals surface area contributed by atoms with E-state index in [0.717, 1.165) is 44.8 Å². The highest BCUT2D eigenvalue weighted by Crippen LogP contribution is 2.20. The van der Waals surface area contributed by atoms with Gasteiger partial charge in [-0.15, -0.1) is 0 Å². The molecular weight excluding hydrogens is 388 g/mol. The largest absolute Gasteiger partial charge is 0.369 e. The second-order valence-corrected chi connectivity index (χ2v) is 7.38. The smallest absolute Gasteiger partial charge is 0.252 e. The van der Waals surface area contributed by atoms with Gasteiger partial charge in [0, 0.05) is 43.4 Å². The molecule has 3 rings (SSSR count). The van der Waals surface area contributed by atoms with Gasteiger partial charge in [0.1, 0.15) is 5.82 Å². The van der Waals surface area contributed by atoms with Crippen molar-refractivity contribution in [1.82, 2.24) is 10.2 Å². The highest BCUT2D eigenvalue weighted by Gasteiger charge is 2.17. The first-order valence-corrected chi connectivity index (χ1v) is 9.74. The molecule has 0 bridgehead atoms. The molecule has 0 aromatic heterocycles. The zero-order valence-corrected chi connectivity index (χ0v) is 16.4. The van der Waals surface area contributed by atoms with Crippen molar-refractivity contribution in [2.75, 3.05) is 44.2 Å². The molecule has 144 valence electrons. The lowest BCUT2D eigenvalue weighted by Gasteiger charge is -2.36. The molecule has 27 heavy (non-hydrogen) atoms. The summed E-state index contributed by atoms with van der Waals surface area (Å²) in [5.74, 6) is -0.415. The van der Waals surface area contributed by atoms with Crippen LogP contribution < -0.4 is 10.2 Å². The molecule has 1 aliphatic heterocycles. The van der Waals surface area contributed by atoms with E-state index >= 15 is 0 Å². The quantitative estimate of drug-likeness (QED) is 0.730. The molecule has 1 aliphatic rings. The molecule has 1 N–H and O–H groups in total. The molecular formula is C20H22Cl2FN3O. The van der Waals surface area contributed by atoms with Crippen LogP contribution in [0.4, 0.5) is 10.1 Å². The molecule has 0 unspecified atom stereocenters. The molecule has 4 nitrogen and oxygen atoms in total. The minimum atomic E-state index is -0.210. The van der Waals surface area contributed by atoms with Gasteiger partial charge in [-0.25, -0.2) is 4.39 Å². The predicted octanol–water partition coefficient (Wildman–Crippen LogP) is 4.07. The summed E-state index contributed by atoms with van der Waals surface area (Å²) in [6.45, 7) is 5.23. The molecule has 1 amide bonds. The van der Waals surface area contributed by atoms with Crippen molar-refractivity contribution in [1.29, 1.82) is 0 Å². The molecule has 1 saturated heterocycles. The summed E-state index contributed by atoms with van der Waals surface area (Å²) in [4.78, 5) is 16.8. The molecule has 2 aromatic carbocycles. The van der Waals surface area contributed by atoms with Crippen LogP contribution in [0.5, 0.6) is 0 Å². The maximum absolute atomic E-state index is 13.0. The number of nitrogens with one attached hydrogen (secondary N) is 1. The zero-order valence-electron chi connectivity index (χ0n) is 14.9. The van der Waals surface area contributed by atoms with Crippen molar-refractivity contribution >= 4 is 34.8 Å². The number of carbonyl (C=O) groups excluding carboxylic acids is 1. The van der Waals surface area contributed by atoms with Gasteiger partial charge in [-0.05, 0) is 55.4 Å². The average Bonchev–Trinajstić information content (AvgIpc) is 2.68. The first-order valence-electron chi connectivity index (χ1n) is 8.99. The molecule has 1 heterocycles. The van der Waals surface area contributed by atoms with Crippen molar-refractivity contribution in [3.63, 3.8) is 0 Å². The summed E-state index contributed by atoms with van der Waals surface area (Å²) in [5, 5.41) is 3.78. The maximum atomic E-state index is 13.0. The summed E-state index contributed by atoms with van der Waals surface area (Å²) in [7, 11) is 0. The Morgan fingerprint density at radius 1 is 1.04 bits per heavy atom. The van der Waals surface area contributed by atoms with Crippen LogP contribution in [0, 0.1) is 5.82 Å². The van der Waals surface area contributed by atoms with Crippen LogP contribution in [0.1, 0.15) is 16.8 Å². The first kappa shape index (κ1) is 19.9. The summed E-state index contributed by atoms with van der Waals surface area (Å²) in [6.07, 6.45) is 0.862. The maximum Gasteiger partial charge on any atom is 0.252 e. The van der Waals surface area contributed by atoms with Gasteiger partial charge in [-0.3, -0.25) is 9.69 Å². The Morgan fingerprint density at radius 3 is 2.44 bits per heavy atom. The Bertz CT molecular complexity index is 777. The van der Waals surface area contributed by atoms with Crippen LogP contribution in [-0.4, -0.2) is 50.1 Å². The number of anilines is 1.